The molecule has 7 heteroatoms. The van der Waals surface area contributed by atoms with Gasteiger partial charge < -0.3 is 9.89 Å². The molecular formula is C8H6N5OY-. The molecule has 2 rings (SSSR count). The molecule has 1 aromatic carbocycles. The van der Waals surface area contributed by atoms with Gasteiger partial charge in [0.2, 0.25) is 0 Å². The second-order valence-electron chi connectivity index (χ2n) is 2.48. The summed E-state index contributed by atoms with van der Waals surface area (Å²) in [4.78, 5) is 0. The van der Waals surface area contributed by atoms with Crippen molar-refractivity contribution in [3.63, 3.8) is 0 Å². The van der Waals surface area contributed by atoms with Crippen molar-refractivity contribution in [2.45, 2.75) is 0 Å². The fourth-order valence-electron chi connectivity index (χ4n) is 1.04. The molecule has 0 spiro atoms. The summed E-state index contributed by atoms with van der Waals surface area (Å²) in [6, 6.07) is 9.08. The van der Waals surface area contributed by atoms with Gasteiger partial charge in [-0.3, -0.25) is 0 Å². The van der Waals surface area contributed by atoms with Gasteiger partial charge in [0.05, 0.1) is 0 Å². The summed E-state index contributed by atoms with van der Waals surface area (Å²) in [7, 11) is 0. The van der Waals surface area contributed by atoms with Gasteiger partial charge in [-0.15, -0.1) is 0 Å². The van der Waals surface area contributed by atoms with E-state index in [0.29, 0.717) is 5.56 Å². The van der Waals surface area contributed by atoms with Gasteiger partial charge >= 0.3 is 0 Å². The second-order valence-corrected chi connectivity index (χ2v) is 2.48. The van der Waals surface area contributed by atoms with Crippen LogP contribution in [-0.2, 0) is 32.7 Å². The summed E-state index contributed by atoms with van der Waals surface area (Å²) in [6.45, 7) is 0. The molecule has 73 valence electrons. The Labute approximate surface area is 111 Å². The van der Waals surface area contributed by atoms with Gasteiger partial charge in [0, 0.05) is 38.5 Å². The van der Waals surface area contributed by atoms with E-state index in [9.17, 15) is 0 Å². The number of benzene rings is 1. The molecule has 0 aliphatic carbocycles. The van der Waals surface area contributed by atoms with Crippen LogP contribution in [0, 0.1) is 6.33 Å². The van der Waals surface area contributed by atoms with Crippen molar-refractivity contribution >= 4 is 5.84 Å². The normalized spacial score (nSPS) is 10.8. The second kappa shape index (κ2) is 5.67. The largest absolute Gasteiger partial charge is 0.427 e. The molecule has 1 aromatic heterocycles. The topological polar surface area (TPSA) is 76.2 Å². The molecule has 1 radical (unpaired) electrons. The van der Waals surface area contributed by atoms with E-state index >= 15 is 0 Å². The van der Waals surface area contributed by atoms with Gasteiger partial charge in [0.1, 0.15) is 0 Å². The summed E-state index contributed by atoms with van der Waals surface area (Å²) in [5, 5.41) is 22.2. The van der Waals surface area contributed by atoms with Crippen LogP contribution in [0.2, 0.25) is 0 Å². The third-order valence-electron chi connectivity index (χ3n) is 1.64. The molecule has 0 saturated heterocycles. The molecule has 0 fully saturated rings. The van der Waals surface area contributed by atoms with Crippen LogP contribution >= 0.6 is 0 Å². The summed E-state index contributed by atoms with van der Waals surface area (Å²) in [5.41, 5.74) is 0.707. The van der Waals surface area contributed by atoms with Crippen molar-refractivity contribution in [3.05, 3.63) is 42.2 Å². The maximum absolute atomic E-state index is 8.80. The van der Waals surface area contributed by atoms with E-state index in [1.165, 1.54) is 0 Å². The molecule has 0 aliphatic rings. The predicted molar refractivity (Wildman–Crippen MR) is 46.8 cm³/mol. The monoisotopic (exact) mass is 277 g/mol. The average molecular weight is 277 g/mol. The van der Waals surface area contributed by atoms with Crippen LogP contribution in [-0.4, -0.2) is 31.3 Å². The SMILES string of the molecule is ON=C(c1ccccc1)n1[c-]nnn1.[Y]. The van der Waals surface area contributed by atoms with E-state index in [-0.39, 0.29) is 38.5 Å². The number of tetrazole rings is 1. The van der Waals surface area contributed by atoms with Crippen molar-refractivity contribution in [1.82, 2.24) is 20.2 Å². The van der Waals surface area contributed by atoms with Gasteiger partial charge in [-0.25, -0.2) is 5.10 Å². The molecule has 0 unspecified atom stereocenters. The molecule has 0 amide bonds. The van der Waals surface area contributed by atoms with Crippen LogP contribution in [0.1, 0.15) is 5.56 Å². The zero-order chi connectivity index (χ0) is 9.80. The zero-order valence-corrected chi connectivity index (χ0v) is 10.5. The minimum atomic E-state index is 0. The fraction of sp³-hybridized carbons (Fsp3) is 0. The number of hydrogen-bond acceptors (Lipinski definition) is 5. The average Bonchev–Trinajstić information content (AvgIpc) is 2.74. The van der Waals surface area contributed by atoms with Crippen molar-refractivity contribution < 1.29 is 37.9 Å². The van der Waals surface area contributed by atoms with Crippen LogP contribution in [0.25, 0.3) is 0 Å². The fourth-order valence-corrected chi connectivity index (χ4v) is 1.04. The number of aromatic nitrogens is 4. The summed E-state index contributed by atoms with van der Waals surface area (Å²) < 4.78 is 1.16. The van der Waals surface area contributed by atoms with E-state index in [4.69, 9.17) is 5.21 Å². The Morgan fingerprint density at radius 1 is 1.33 bits per heavy atom. The molecule has 6 nitrogen and oxygen atoms in total. The minimum Gasteiger partial charge on any atom is -0.427 e. The molecule has 15 heavy (non-hydrogen) atoms. The molecule has 2 aromatic rings. The van der Waals surface area contributed by atoms with Crippen LogP contribution < -0.4 is 0 Å². The maximum Gasteiger partial charge on any atom is 0.0488 e. The Morgan fingerprint density at radius 3 is 2.60 bits per heavy atom. The van der Waals surface area contributed by atoms with E-state index in [0.717, 1.165) is 4.68 Å². The quantitative estimate of drug-likeness (QED) is 0.265. The molecular weight excluding hydrogens is 271 g/mol. The molecule has 1 heterocycles. The van der Waals surface area contributed by atoms with Crippen molar-refractivity contribution in [2.75, 3.05) is 0 Å². The van der Waals surface area contributed by atoms with Gasteiger partial charge in [-0.1, -0.05) is 41.1 Å². The van der Waals surface area contributed by atoms with Crippen molar-refractivity contribution in [1.29, 1.82) is 0 Å². The van der Waals surface area contributed by atoms with E-state index in [1.807, 2.05) is 18.2 Å². The summed E-state index contributed by atoms with van der Waals surface area (Å²) in [6.07, 6.45) is 2.44. The smallest absolute Gasteiger partial charge is 0.0488 e. The Hall–Kier alpha value is -1.14. The molecule has 0 saturated carbocycles. The van der Waals surface area contributed by atoms with E-state index < -0.39 is 0 Å². The minimum absolute atomic E-state index is 0. The number of oxime groups is 1. The third kappa shape index (κ3) is 2.67. The summed E-state index contributed by atoms with van der Waals surface area (Å²) >= 11 is 0. The third-order valence-corrected chi connectivity index (χ3v) is 1.64. The zero-order valence-electron chi connectivity index (χ0n) is 7.65. The first-order valence-electron chi connectivity index (χ1n) is 3.86. The van der Waals surface area contributed by atoms with Gasteiger partial charge in [0.15, 0.2) is 0 Å². The number of hydrogen-bond donors (Lipinski definition) is 1. The summed E-state index contributed by atoms with van der Waals surface area (Å²) in [5.74, 6) is 0.232. The Bertz CT molecular complexity index is 428. The maximum atomic E-state index is 8.80. The number of nitrogens with zero attached hydrogens (tertiary/aromatic N) is 5. The molecule has 0 bridgehead atoms. The van der Waals surface area contributed by atoms with E-state index in [2.05, 4.69) is 27.0 Å². The van der Waals surface area contributed by atoms with Crippen LogP contribution in [0.5, 0.6) is 0 Å². The first-order valence-corrected chi connectivity index (χ1v) is 3.86. The Balaban J connectivity index is 0.00000112. The van der Waals surface area contributed by atoms with Gasteiger partial charge in [-0.2, -0.15) is 5.16 Å². The molecule has 0 atom stereocenters. The van der Waals surface area contributed by atoms with E-state index in [1.54, 1.807) is 12.1 Å². The Kier molecular flexibility index (Phi) is 4.51. The standard InChI is InChI=1S/C8H6N5O.Y/c14-10-8(13-6-9-11-12-13)7-4-2-1-3-5-7;/h1-5,14H;/q-1;. The van der Waals surface area contributed by atoms with Crippen LogP contribution in [0.4, 0.5) is 0 Å². The van der Waals surface area contributed by atoms with Crippen molar-refractivity contribution in [3.8, 4) is 0 Å². The number of rotatable bonds is 1. The first-order chi connectivity index (χ1) is 6.92. The van der Waals surface area contributed by atoms with Gasteiger partial charge in [-0.05, 0) is 11.5 Å². The van der Waals surface area contributed by atoms with Crippen molar-refractivity contribution in [2.24, 2.45) is 5.16 Å². The molecule has 0 aliphatic heterocycles. The van der Waals surface area contributed by atoms with Crippen LogP contribution in [0.15, 0.2) is 35.5 Å². The van der Waals surface area contributed by atoms with Crippen LogP contribution in [0.3, 0.4) is 0 Å². The molecule has 1 N–H and O–H groups in total. The Morgan fingerprint density at radius 2 is 2.07 bits per heavy atom. The van der Waals surface area contributed by atoms with Gasteiger partial charge in [0.25, 0.3) is 0 Å². The predicted octanol–water partition coefficient (Wildman–Crippen LogP) is 0.155. The first kappa shape index (κ1) is 11.9.